The van der Waals surface area contributed by atoms with E-state index in [9.17, 15) is 4.79 Å². The predicted molar refractivity (Wildman–Crippen MR) is 47.5 cm³/mol. The molecule has 0 unspecified atom stereocenters. The molecule has 5 heteroatoms. The Morgan fingerprint density at radius 3 is 2.92 bits per heavy atom. The van der Waals surface area contributed by atoms with Gasteiger partial charge in [-0.15, -0.1) is 0 Å². The van der Waals surface area contributed by atoms with Gasteiger partial charge in [-0.1, -0.05) is 0 Å². The average Bonchev–Trinajstić information content (AvgIpc) is 2.79. The summed E-state index contributed by atoms with van der Waals surface area (Å²) in [6.07, 6.45) is 2.11. The van der Waals surface area contributed by atoms with E-state index in [0.717, 1.165) is 12.8 Å². The molecule has 0 atom stereocenters. The van der Waals surface area contributed by atoms with Gasteiger partial charge in [-0.2, -0.15) is 0 Å². The van der Waals surface area contributed by atoms with E-state index in [0.29, 0.717) is 22.2 Å². The van der Waals surface area contributed by atoms with Crippen LogP contribution in [0.2, 0.25) is 0 Å². The Labute approximate surface area is 83.1 Å². The highest BCUT2D eigenvalue weighted by Gasteiger charge is 2.30. The van der Waals surface area contributed by atoms with E-state index in [-0.39, 0.29) is 6.42 Å². The van der Waals surface area contributed by atoms with Gasteiger partial charge in [0, 0.05) is 5.92 Å². The highest BCUT2D eigenvalue weighted by atomic mass is 79.9. The summed E-state index contributed by atoms with van der Waals surface area (Å²) in [5.41, 5.74) is 0.481. The second kappa shape index (κ2) is 3.14. The molecule has 1 saturated carbocycles. The molecule has 2 rings (SSSR count). The van der Waals surface area contributed by atoms with Crippen LogP contribution in [0, 0.1) is 0 Å². The van der Waals surface area contributed by atoms with E-state index in [1.54, 1.807) is 0 Å². The van der Waals surface area contributed by atoms with E-state index in [2.05, 4.69) is 20.9 Å². The van der Waals surface area contributed by atoms with Crippen molar-refractivity contribution in [2.75, 3.05) is 0 Å². The first-order valence-electron chi connectivity index (χ1n) is 4.03. The van der Waals surface area contributed by atoms with E-state index in [4.69, 9.17) is 9.52 Å². The number of carbonyl (C=O) groups is 1. The van der Waals surface area contributed by atoms with Gasteiger partial charge < -0.3 is 9.52 Å². The Kier molecular flexibility index (Phi) is 2.11. The molecule has 1 aliphatic rings. The van der Waals surface area contributed by atoms with E-state index in [1.165, 1.54) is 0 Å². The molecule has 1 aliphatic carbocycles. The largest absolute Gasteiger partial charge is 0.481 e. The number of nitrogens with zero attached hydrogens (tertiary/aromatic N) is 1. The van der Waals surface area contributed by atoms with Crippen molar-refractivity contribution in [2.45, 2.75) is 25.2 Å². The Morgan fingerprint density at radius 1 is 1.69 bits per heavy atom. The van der Waals surface area contributed by atoms with Gasteiger partial charge in [0.25, 0.3) is 0 Å². The van der Waals surface area contributed by atoms with Crippen LogP contribution in [-0.2, 0) is 11.2 Å². The van der Waals surface area contributed by atoms with Crippen molar-refractivity contribution in [1.82, 2.24) is 4.98 Å². The zero-order valence-electron chi connectivity index (χ0n) is 6.79. The van der Waals surface area contributed by atoms with Crippen LogP contribution in [0.1, 0.15) is 30.3 Å². The third-order valence-corrected chi connectivity index (χ3v) is 2.53. The van der Waals surface area contributed by atoms with Gasteiger partial charge in [-0.3, -0.25) is 4.79 Å². The maximum absolute atomic E-state index is 10.4. The summed E-state index contributed by atoms with van der Waals surface area (Å²) in [6.45, 7) is 0. The molecule has 4 nitrogen and oxygen atoms in total. The van der Waals surface area contributed by atoms with Crippen LogP contribution in [0.25, 0.3) is 0 Å². The molecule has 0 amide bonds. The van der Waals surface area contributed by atoms with Gasteiger partial charge in [0.1, 0.15) is 5.69 Å². The number of rotatable bonds is 3. The fourth-order valence-electron chi connectivity index (χ4n) is 1.11. The lowest BCUT2D eigenvalue weighted by atomic mass is 10.3. The molecule has 1 aromatic heterocycles. The van der Waals surface area contributed by atoms with E-state index in [1.807, 2.05) is 0 Å². The van der Waals surface area contributed by atoms with Crippen LogP contribution in [0.5, 0.6) is 0 Å². The van der Waals surface area contributed by atoms with Crippen LogP contribution >= 0.6 is 15.9 Å². The number of halogens is 1. The van der Waals surface area contributed by atoms with Crippen LogP contribution in [0.4, 0.5) is 0 Å². The highest BCUT2D eigenvalue weighted by Crippen LogP contribution is 2.40. The lowest BCUT2D eigenvalue weighted by molar-refractivity contribution is -0.136. The fraction of sp³-hybridized carbons (Fsp3) is 0.500. The predicted octanol–water partition coefficient (Wildman–Crippen LogP) is 1.94. The lowest BCUT2D eigenvalue weighted by Crippen LogP contribution is -2.00. The molecule has 0 spiro atoms. The zero-order valence-corrected chi connectivity index (χ0v) is 8.37. The minimum Gasteiger partial charge on any atom is -0.481 e. The second-order valence-electron chi connectivity index (χ2n) is 3.12. The number of oxazole rings is 1. The van der Waals surface area contributed by atoms with Crippen molar-refractivity contribution in [3.63, 3.8) is 0 Å². The molecule has 13 heavy (non-hydrogen) atoms. The van der Waals surface area contributed by atoms with Gasteiger partial charge in [-0.05, 0) is 28.8 Å². The SMILES string of the molecule is O=C(O)Cc1nc(C2CC2)oc1Br. The van der Waals surface area contributed by atoms with Gasteiger partial charge in [0.2, 0.25) is 0 Å². The molecular weight excluding hydrogens is 238 g/mol. The summed E-state index contributed by atoms with van der Waals surface area (Å²) in [5, 5.41) is 8.55. The highest BCUT2D eigenvalue weighted by molar-refractivity contribution is 9.10. The van der Waals surface area contributed by atoms with Crippen molar-refractivity contribution >= 4 is 21.9 Å². The summed E-state index contributed by atoms with van der Waals surface area (Å²) in [5.74, 6) is 0.193. The smallest absolute Gasteiger partial charge is 0.309 e. The van der Waals surface area contributed by atoms with E-state index >= 15 is 0 Å². The van der Waals surface area contributed by atoms with Gasteiger partial charge in [0.05, 0.1) is 6.42 Å². The summed E-state index contributed by atoms with van der Waals surface area (Å²) in [4.78, 5) is 14.5. The van der Waals surface area contributed by atoms with E-state index < -0.39 is 5.97 Å². The Bertz CT molecular complexity index is 343. The monoisotopic (exact) mass is 245 g/mol. The number of carboxylic acid groups (broad SMARTS) is 1. The number of aromatic nitrogens is 1. The summed E-state index contributed by atoms with van der Waals surface area (Å²) >= 11 is 3.15. The molecule has 1 heterocycles. The first-order valence-corrected chi connectivity index (χ1v) is 4.83. The molecule has 0 saturated heterocycles. The minimum atomic E-state index is -0.892. The topological polar surface area (TPSA) is 63.3 Å². The van der Waals surface area contributed by atoms with Gasteiger partial charge in [0.15, 0.2) is 10.6 Å². The first kappa shape index (κ1) is 8.74. The molecule has 1 aromatic rings. The number of carboxylic acids is 1. The summed E-state index contributed by atoms with van der Waals surface area (Å²) in [7, 11) is 0. The Hall–Kier alpha value is -0.840. The van der Waals surface area contributed by atoms with Crippen molar-refractivity contribution in [2.24, 2.45) is 0 Å². The zero-order chi connectivity index (χ0) is 9.42. The molecular formula is C8H8BrNO3. The minimum absolute atomic E-state index is 0.0865. The van der Waals surface area contributed by atoms with Crippen molar-refractivity contribution in [3.05, 3.63) is 16.3 Å². The molecule has 1 fully saturated rings. The molecule has 70 valence electrons. The first-order chi connectivity index (χ1) is 6.16. The number of hydrogen-bond donors (Lipinski definition) is 1. The molecule has 0 aromatic carbocycles. The van der Waals surface area contributed by atoms with Crippen molar-refractivity contribution < 1.29 is 14.3 Å². The number of aliphatic carboxylic acids is 1. The standard InChI is InChI=1S/C8H8BrNO3/c9-7-5(3-6(11)12)10-8(13-7)4-1-2-4/h4H,1-3H2,(H,11,12). The quantitative estimate of drug-likeness (QED) is 0.885. The van der Waals surface area contributed by atoms with Crippen LogP contribution in [-0.4, -0.2) is 16.1 Å². The van der Waals surface area contributed by atoms with Crippen molar-refractivity contribution in [3.8, 4) is 0 Å². The molecule has 0 radical (unpaired) electrons. The lowest BCUT2D eigenvalue weighted by Gasteiger charge is -1.86. The maximum atomic E-state index is 10.4. The Morgan fingerprint density at radius 2 is 2.38 bits per heavy atom. The fourth-order valence-corrected chi connectivity index (χ4v) is 1.50. The van der Waals surface area contributed by atoms with Crippen LogP contribution in [0.15, 0.2) is 9.09 Å². The average molecular weight is 246 g/mol. The second-order valence-corrected chi connectivity index (χ2v) is 3.84. The summed E-state index contributed by atoms with van der Waals surface area (Å²) < 4.78 is 5.74. The molecule has 0 aliphatic heterocycles. The maximum Gasteiger partial charge on any atom is 0.309 e. The third-order valence-electron chi connectivity index (χ3n) is 1.91. The molecule has 0 bridgehead atoms. The third kappa shape index (κ3) is 1.91. The van der Waals surface area contributed by atoms with Crippen molar-refractivity contribution in [1.29, 1.82) is 0 Å². The van der Waals surface area contributed by atoms with Crippen LogP contribution in [0.3, 0.4) is 0 Å². The van der Waals surface area contributed by atoms with Gasteiger partial charge in [-0.25, -0.2) is 4.98 Å². The van der Waals surface area contributed by atoms with Crippen LogP contribution < -0.4 is 0 Å². The Balaban J connectivity index is 2.19. The summed E-state index contributed by atoms with van der Waals surface area (Å²) in [6, 6.07) is 0. The number of hydrogen-bond acceptors (Lipinski definition) is 3. The normalized spacial score (nSPS) is 16.1. The molecule has 1 N–H and O–H groups in total. The van der Waals surface area contributed by atoms with Gasteiger partial charge >= 0.3 is 5.97 Å².